The first kappa shape index (κ1) is 12.5. The maximum Gasteiger partial charge on any atom is 0.389 e. The molecule has 0 bridgehead atoms. The summed E-state index contributed by atoms with van der Waals surface area (Å²) in [5, 5.41) is 0. The molecular weight excluding hydrogens is 247 g/mol. The summed E-state index contributed by atoms with van der Waals surface area (Å²) in [6, 6.07) is 0. The topological polar surface area (TPSA) is 20.3 Å². The number of carbonyl (C=O) groups is 1. The number of nitrogens with zero attached hydrogens (tertiary/aromatic N) is 1. The molecule has 0 aromatic carbocycles. The van der Waals surface area contributed by atoms with Crippen LogP contribution in [0, 0.1) is 0 Å². The molecular formula is C8H8F3NOS2. The highest BCUT2D eigenvalue weighted by Crippen LogP contribution is 2.31. The summed E-state index contributed by atoms with van der Waals surface area (Å²) in [6.45, 7) is 0. The number of rotatable bonds is 2. The second-order valence-corrected chi connectivity index (χ2v) is 4.63. The zero-order chi connectivity index (χ0) is 11.6. The predicted octanol–water partition coefficient (Wildman–Crippen LogP) is 2.70. The van der Waals surface area contributed by atoms with Gasteiger partial charge in [0, 0.05) is 13.5 Å². The van der Waals surface area contributed by atoms with Crippen LogP contribution in [0.1, 0.15) is 12.8 Å². The van der Waals surface area contributed by atoms with Gasteiger partial charge >= 0.3 is 6.18 Å². The molecule has 2 nitrogen and oxygen atoms in total. The van der Waals surface area contributed by atoms with E-state index in [-0.39, 0.29) is 17.2 Å². The van der Waals surface area contributed by atoms with Crippen molar-refractivity contribution in [3.05, 3.63) is 11.0 Å². The lowest BCUT2D eigenvalue weighted by molar-refractivity contribution is -0.133. The normalized spacial score (nSPS) is 20.5. The van der Waals surface area contributed by atoms with Crippen LogP contribution in [0.2, 0.25) is 0 Å². The average Bonchev–Trinajstić information content (AvgIpc) is 2.32. The van der Waals surface area contributed by atoms with E-state index in [2.05, 4.69) is 0 Å². The van der Waals surface area contributed by atoms with Crippen molar-refractivity contribution in [1.82, 2.24) is 4.90 Å². The second kappa shape index (κ2) is 4.52. The van der Waals surface area contributed by atoms with Gasteiger partial charge in [0.15, 0.2) is 0 Å². The molecule has 0 aliphatic carbocycles. The van der Waals surface area contributed by atoms with Crippen LogP contribution in [-0.2, 0) is 4.79 Å². The summed E-state index contributed by atoms with van der Waals surface area (Å²) in [5.41, 5.74) is 0. The van der Waals surface area contributed by atoms with Gasteiger partial charge in [-0.25, -0.2) is 0 Å². The molecule has 84 valence electrons. The number of amides is 1. The lowest BCUT2D eigenvalue weighted by Crippen LogP contribution is -2.22. The molecule has 1 heterocycles. The lowest BCUT2D eigenvalue weighted by atomic mass is 10.3. The van der Waals surface area contributed by atoms with E-state index in [0.717, 1.165) is 11.8 Å². The molecule has 1 aliphatic rings. The van der Waals surface area contributed by atoms with Crippen molar-refractivity contribution in [1.29, 1.82) is 0 Å². The Balaban J connectivity index is 2.55. The molecule has 1 amide bonds. The molecule has 1 aliphatic heterocycles. The maximum atomic E-state index is 11.8. The van der Waals surface area contributed by atoms with Crippen molar-refractivity contribution < 1.29 is 18.0 Å². The van der Waals surface area contributed by atoms with E-state index in [1.807, 2.05) is 0 Å². The Morgan fingerprint density at radius 3 is 2.53 bits per heavy atom. The van der Waals surface area contributed by atoms with Gasteiger partial charge in [0.05, 0.1) is 4.91 Å². The largest absolute Gasteiger partial charge is 0.389 e. The number of halogens is 3. The molecule has 7 heteroatoms. The Morgan fingerprint density at radius 1 is 1.53 bits per heavy atom. The molecule has 0 spiro atoms. The quantitative estimate of drug-likeness (QED) is 0.559. The predicted molar refractivity (Wildman–Crippen MR) is 56.3 cm³/mol. The first-order valence-electron chi connectivity index (χ1n) is 4.08. The molecule has 0 N–H and O–H groups in total. The Hall–Kier alpha value is -0.560. The summed E-state index contributed by atoms with van der Waals surface area (Å²) in [6.07, 6.45) is -4.00. The van der Waals surface area contributed by atoms with E-state index < -0.39 is 12.6 Å². The van der Waals surface area contributed by atoms with Gasteiger partial charge in [-0.3, -0.25) is 9.69 Å². The van der Waals surface area contributed by atoms with Crippen LogP contribution in [0.3, 0.4) is 0 Å². The maximum absolute atomic E-state index is 11.8. The fraction of sp³-hybridized carbons (Fsp3) is 0.500. The average molecular weight is 255 g/mol. The van der Waals surface area contributed by atoms with Gasteiger partial charge < -0.3 is 0 Å². The van der Waals surface area contributed by atoms with Gasteiger partial charge in [0.25, 0.3) is 5.91 Å². The van der Waals surface area contributed by atoms with E-state index in [9.17, 15) is 18.0 Å². The minimum absolute atomic E-state index is 0.186. The molecule has 15 heavy (non-hydrogen) atoms. The highest BCUT2D eigenvalue weighted by atomic mass is 32.2. The van der Waals surface area contributed by atoms with E-state index in [0.29, 0.717) is 4.32 Å². The molecule has 1 saturated heterocycles. The fourth-order valence-corrected chi connectivity index (χ4v) is 2.14. The van der Waals surface area contributed by atoms with E-state index in [4.69, 9.17) is 12.2 Å². The minimum Gasteiger partial charge on any atom is -0.296 e. The molecule has 0 atom stereocenters. The van der Waals surface area contributed by atoms with Gasteiger partial charge in [-0.2, -0.15) is 13.2 Å². The molecule has 0 saturated carbocycles. The third-order valence-electron chi connectivity index (χ3n) is 1.74. The Kier molecular flexibility index (Phi) is 3.77. The van der Waals surface area contributed by atoms with Gasteiger partial charge in [0.1, 0.15) is 4.32 Å². The van der Waals surface area contributed by atoms with Crippen molar-refractivity contribution in [2.24, 2.45) is 0 Å². The highest BCUT2D eigenvalue weighted by Gasteiger charge is 2.30. The second-order valence-electron chi connectivity index (χ2n) is 2.95. The number of carbonyl (C=O) groups excluding carboxylic acids is 1. The first-order valence-corrected chi connectivity index (χ1v) is 5.30. The van der Waals surface area contributed by atoms with E-state index in [1.54, 1.807) is 0 Å². The number of hydrogen-bond acceptors (Lipinski definition) is 3. The first-order chi connectivity index (χ1) is 6.81. The van der Waals surface area contributed by atoms with Crippen LogP contribution >= 0.6 is 24.0 Å². The van der Waals surface area contributed by atoms with Crippen LogP contribution in [0.25, 0.3) is 0 Å². The monoisotopic (exact) mass is 255 g/mol. The van der Waals surface area contributed by atoms with Crippen LogP contribution in [0.5, 0.6) is 0 Å². The summed E-state index contributed by atoms with van der Waals surface area (Å²) in [4.78, 5) is 12.9. The molecule has 0 unspecified atom stereocenters. The van der Waals surface area contributed by atoms with Crippen LogP contribution < -0.4 is 0 Å². The van der Waals surface area contributed by atoms with Gasteiger partial charge in [-0.1, -0.05) is 30.1 Å². The highest BCUT2D eigenvalue weighted by molar-refractivity contribution is 8.26. The number of likely N-dealkylation sites (N-methyl/N-ethyl adjacent to an activating group) is 1. The van der Waals surface area contributed by atoms with Crippen LogP contribution in [0.4, 0.5) is 13.2 Å². The summed E-state index contributed by atoms with van der Waals surface area (Å²) in [7, 11) is 1.50. The van der Waals surface area contributed by atoms with Crippen LogP contribution in [-0.4, -0.2) is 28.4 Å². The number of allylic oxidation sites excluding steroid dienone is 1. The molecule has 0 aromatic heterocycles. The zero-order valence-electron chi connectivity index (χ0n) is 7.80. The molecule has 1 rings (SSSR count). The summed E-state index contributed by atoms with van der Waals surface area (Å²) >= 11 is 5.86. The summed E-state index contributed by atoms with van der Waals surface area (Å²) < 4.78 is 35.8. The lowest BCUT2D eigenvalue weighted by Gasteiger charge is -2.04. The van der Waals surface area contributed by atoms with E-state index in [1.165, 1.54) is 18.0 Å². The van der Waals surface area contributed by atoms with E-state index >= 15 is 0 Å². The smallest absolute Gasteiger partial charge is 0.296 e. The fourth-order valence-electron chi connectivity index (χ4n) is 0.950. The van der Waals surface area contributed by atoms with Crippen LogP contribution in [0.15, 0.2) is 11.0 Å². The number of thiocarbonyl (C=S) groups is 1. The minimum atomic E-state index is -4.18. The number of alkyl halides is 3. The summed E-state index contributed by atoms with van der Waals surface area (Å²) in [5.74, 6) is -0.327. The SMILES string of the molecule is CN1C(=O)/C(=C/CCC(F)(F)F)SC1=S. The molecule has 0 radical (unpaired) electrons. The Labute approximate surface area is 94.5 Å². The number of hydrogen-bond donors (Lipinski definition) is 0. The standard InChI is InChI=1S/C8H8F3NOS2/c1-12-6(13)5(15-7(12)14)3-2-4-8(9,10)11/h3H,2,4H2,1H3/b5-3-. The molecule has 1 fully saturated rings. The van der Waals surface area contributed by atoms with Crippen molar-refractivity contribution >= 4 is 34.2 Å². The van der Waals surface area contributed by atoms with Gasteiger partial charge in [-0.05, 0) is 6.42 Å². The molecule has 0 aromatic rings. The van der Waals surface area contributed by atoms with Crippen molar-refractivity contribution in [2.45, 2.75) is 19.0 Å². The Morgan fingerprint density at radius 2 is 2.13 bits per heavy atom. The Bertz CT molecular complexity index is 324. The van der Waals surface area contributed by atoms with Crippen molar-refractivity contribution in [3.63, 3.8) is 0 Å². The third kappa shape index (κ3) is 3.49. The number of thioether (sulfide) groups is 1. The zero-order valence-corrected chi connectivity index (χ0v) is 9.43. The van der Waals surface area contributed by atoms with Crippen molar-refractivity contribution in [2.75, 3.05) is 7.05 Å². The van der Waals surface area contributed by atoms with Gasteiger partial charge in [-0.15, -0.1) is 0 Å². The van der Waals surface area contributed by atoms with Crippen molar-refractivity contribution in [3.8, 4) is 0 Å². The third-order valence-corrected chi connectivity index (χ3v) is 3.28. The van der Waals surface area contributed by atoms with Gasteiger partial charge in [0.2, 0.25) is 0 Å².